The van der Waals surface area contributed by atoms with Crippen molar-refractivity contribution < 1.29 is 0 Å². The third-order valence-corrected chi connectivity index (χ3v) is 8.17. The van der Waals surface area contributed by atoms with Gasteiger partial charge in [0.05, 0.1) is 22.4 Å². The largest absolute Gasteiger partial charge is 0.298 e. The second kappa shape index (κ2) is 8.44. The molecule has 0 spiro atoms. The highest BCUT2D eigenvalue weighted by Crippen LogP contribution is 2.45. The number of hydrogen-bond acceptors (Lipinski definition) is 3. The molecule has 0 bridgehead atoms. The summed E-state index contributed by atoms with van der Waals surface area (Å²) in [5, 5.41) is 6.79. The van der Waals surface area contributed by atoms with Crippen molar-refractivity contribution in [2.45, 2.75) is 0 Å². The molecule has 0 unspecified atom stereocenters. The molecule has 4 heteroatoms. The molecule has 0 atom stereocenters. The van der Waals surface area contributed by atoms with Crippen LogP contribution >= 0.6 is 0 Å². The maximum Gasteiger partial charge on any atom is 0.137 e. The highest BCUT2D eigenvalue weighted by molar-refractivity contribution is 6.24. The van der Waals surface area contributed by atoms with Crippen LogP contribution in [0.5, 0.6) is 0 Å². The van der Waals surface area contributed by atoms with Gasteiger partial charge in [-0.25, -0.2) is 15.0 Å². The number of hydrogen-bond donors (Lipinski definition) is 0. The number of aromatic nitrogens is 4. The lowest BCUT2D eigenvalue weighted by Gasteiger charge is -2.18. The molecule has 0 N–H and O–H groups in total. The molecule has 9 aromatic rings. The quantitative estimate of drug-likeness (QED) is 0.213. The molecule has 0 aliphatic rings. The third-order valence-electron chi connectivity index (χ3n) is 8.17. The van der Waals surface area contributed by atoms with Crippen LogP contribution < -0.4 is 0 Å². The smallest absolute Gasteiger partial charge is 0.137 e. The van der Waals surface area contributed by atoms with Gasteiger partial charge in [0.2, 0.25) is 0 Å². The van der Waals surface area contributed by atoms with E-state index in [2.05, 4.69) is 120 Å². The molecule has 41 heavy (non-hydrogen) atoms. The fourth-order valence-electron chi connectivity index (χ4n) is 6.39. The minimum absolute atomic E-state index is 0.910. The molecular formula is C37H22N4. The maximum atomic E-state index is 5.36. The van der Waals surface area contributed by atoms with E-state index >= 15 is 0 Å². The fraction of sp³-hybridized carbons (Fsp3) is 0. The van der Waals surface area contributed by atoms with E-state index in [0.29, 0.717) is 0 Å². The highest BCUT2D eigenvalue weighted by atomic mass is 15.0. The molecule has 0 saturated carbocycles. The first kappa shape index (κ1) is 22.2. The SMILES string of the molecule is c1ccc2nc(-c3c4ccccc4c(-c4nc5ccccc5c5nc6ccccn6c45)c4ccccc34)ccc2c1. The van der Waals surface area contributed by atoms with Gasteiger partial charge >= 0.3 is 0 Å². The summed E-state index contributed by atoms with van der Waals surface area (Å²) < 4.78 is 2.17. The van der Waals surface area contributed by atoms with Crippen LogP contribution in [0.2, 0.25) is 0 Å². The molecule has 4 aromatic heterocycles. The summed E-state index contributed by atoms with van der Waals surface area (Å²) in [5.74, 6) is 0. The van der Waals surface area contributed by atoms with E-state index in [1.165, 1.54) is 0 Å². The molecule has 9 rings (SSSR count). The van der Waals surface area contributed by atoms with E-state index in [0.717, 1.165) is 82.5 Å². The predicted octanol–water partition coefficient (Wildman–Crippen LogP) is 9.22. The summed E-state index contributed by atoms with van der Waals surface area (Å²) >= 11 is 0. The molecule has 0 fully saturated rings. The lowest BCUT2D eigenvalue weighted by molar-refractivity contribution is 1.22. The maximum absolute atomic E-state index is 5.36. The Morgan fingerprint density at radius 1 is 0.439 bits per heavy atom. The van der Waals surface area contributed by atoms with Gasteiger partial charge in [-0.2, -0.15) is 0 Å². The van der Waals surface area contributed by atoms with Crippen LogP contribution in [0.4, 0.5) is 0 Å². The monoisotopic (exact) mass is 522 g/mol. The Bertz CT molecular complexity index is 2430. The van der Waals surface area contributed by atoms with Crippen LogP contribution in [0.15, 0.2) is 134 Å². The van der Waals surface area contributed by atoms with Crippen LogP contribution in [-0.4, -0.2) is 19.4 Å². The Balaban J connectivity index is 1.49. The Morgan fingerprint density at radius 2 is 1.05 bits per heavy atom. The summed E-state index contributed by atoms with van der Waals surface area (Å²) in [7, 11) is 0. The van der Waals surface area contributed by atoms with E-state index in [9.17, 15) is 0 Å². The lowest BCUT2D eigenvalue weighted by atomic mass is 9.88. The van der Waals surface area contributed by atoms with Gasteiger partial charge in [-0.1, -0.05) is 97.1 Å². The first-order valence-electron chi connectivity index (χ1n) is 13.8. The van der Waals surface area contributed by atoms with Crippen LogP contribution in [0, 0.1) is 0 Å². The van der Waals surface area contributed by atoms with Gasteiger partial charge in [0.1, 0.15) is 16.7 Å². The standard InChI is InChI=1S/C37H22N4/c1-7-17-29-23(11-1)20-21-31(38-29)33-24-12-2-4-14-26(24)34(27-15-5-3-13-25(27)33)36-37-35(28-16-6-8-18-30(28)39-36)40-32-19-9-10-22-41(32)37/h1-22H. The van der Waals surface area contributed by atoms with Gasteiger partial charge in [-0.3, -0.25) is 4.40 Å². The average Bonchev–Trinajstić information content (AvgIpc) is 3.43. The highest BCUT2D eigenvalue weighted by Gasteiger charge is 2.22. The Kier molecular flexibility index (Phi) is 4.58. The van der Waals surface area contributed by atoms with Gasteiger partial charge in [-0.05, 0) is 51.9 Å². The Labute approximate surface area is 235 Å². The second-order valence-corrected chi connectivity index (χ2v) is 10.4. The molecule has 190 valence electrons. The van der Waals surface area contributed by atoms with Crippen molar-refractivity contribution in [1.82, 2.24) is 19.4 Å². The van der Waals surface area contributed by atoms with E-state index < -0.39 is 0 Å². The first-order valence-corrected chi connectivity index (χ1v) is 13.8. The van der Waals surface area contributed by atoms with Crippen molar-refractivity contribution in [3.05, 3.63) is 134 Å². The van der Waals surface area contributed by atoms with Gasteiger partial charge in [0.15, 0.2) is 0 Å². The van der Waals surface area contributed by atoms with E-state index in [1.807, 2.05) is 18.2 Å². The van der Waals surface area contributed by atoms with Gasteiger partial charge in [0.25, 0.3) is 0 Å². The predicted molar refractivity (Wildman–Crippen MR) is 169 cm³/mol. The lowest BCUT2D eigenvalue weighted by Crippen LogP contribution is -1.96. The third kappa shape index (κ3) is 3.19. The van der Waals surface area contributed by atoms with Crippen molar-refractivity contribution in [3.63, 3.8) is 0 Å². The summed E-state index contributed by atoms with van der Waals surface area (Å²) in [6, 6.07) is 44.4. The summed E-state index contributed by atoms with van der Waals surface area (Å²) in [4.78, 5) is 15.6. The molecule has 0 aliphatic heterocycles. The zero-order valence-corrected chi connectivity index (χ0v) is 22.0. The Morgan fingerprint density at radius 3 is 1.80 bits per heavy atom. The van der Waals surface area contributed by atoms with Gasteiger partial charge in [-0.15, -0.1) is 0 Å². The van der Waals surface area contributed by atoms with Gasteiger partial charge in [0, 0.05) is 28.1 Å². The van der Waals surface area contributed by atoms with E-state index in [1.54, 1.807) is 0 Å². The van der Waals surface area contributed by atoms with Crippen molar-refractivity contribution in [1.29, 1.82) is 0 Å². The average molecular weight is 523 g/mol. The molecule has 0 saturated heterocycles. The van der Waals surface area contributed by atoms with Crippen molar-refractivity contribution >= 4 is 60.0 Å². The van der Waals surface area contributed by atoms with Crippen molar-refractivity contribution in [3.8, 4) is 22.5 Å². The normalized spacial score (nSPS) is 11.9. The zero-order valence-electron chi connectivity index (χ0n) is 22.0. The first-order chi connectivity index (χ1) is 20.3. The molecule has 4 nitrogen and oxygen atoms in total. The minimum atomic E-state index is 0.910. The molecule has 0 aliphatic carbocycles. The van der Waals surface area contributed by atoms with E-state index in [4.69, 9.17) is 15.0 Å². The molecule has 4 heterocycles. The number of nitrogens with zero attached hydrogens (tertiary/aromatic N) is 4. The van der Waals surface area contributed by atoms with Crippen LogP contribution in [0.25, 0.3) is 82.5 Å². The van der Waals surface area contributed by atoms with Crippen molar-refractivity contribution in [2.24, 2.45) is 0 Å². The number of pyridine rings is 3. The van der Waals surface area contributed by atoms with Crippen LogP contribution in [0.3, 0.4) is 0 Å². The van der Waals surface area contributed by atoms with Gasteiger partial charge < -0.3 is 0 Å². The fourth-order valence-corrected chi connectivity index (χ4v) is 6.39. The summed E-state index contributed by atoms with van der Waals surface area (Å²) in [6.45, 7) is 0. The number of para-hydroxylation sites is 2. The summed E-state index contributed by atoms with van der Waals surface area (Å²) in [6.07, 6.45) is 2.09. The molecule has 0 amide bonds. The zero-order chi connectivity index (χ0) is 26.9. The summed E-state index contributed by atoms with van der Waals surface area (Å²) in [5.41, 5.74) is 8.97. The van der Waals surface area contributed by atoms with E-state index in [-0.39, 0.29) is 0 Å². The van der Waals surface area contributed by atoms with Crippen LogP contribution in [-0.2, 0) is 0 Å². The number of imidazole rings is 1. The minimum Gasteiger partial charge on any atom is -0.298 e. The van der Waals surface area contributed by atoms with Crippen LogP contribution in [0.1, 0.15) is 0 Å². The molecule has 5 aromatic carbocycles. The van der Waals surface area contributed by atoms with Crippen molar-refractivity contribution in [2.75, 3.05) is 0 Å². The molecule has 0 radical (unpaired) electrons. The Hall–Kier alpha value is -5.61. The topological polar surface area (TPSA) is 43.1 Å². The number of rotatable bonds is 2. The molecular weight excluding hydrogens is 500 g/mol. The number of fused-ring (bicyclic) bond motifs is 8. The second-order valence-electron chi connectivity index (χ2n) is 10.4. The number of benzene rings is 5.